The summed E-state index contributed by atoms with van der Waals surface area (Å²) in [4.78, 5) is 14.0. The number of aromatic carboxylic acids is 1. The molecule has 8 nitrogen and oxygen atoms in total. The molecule has 2 heterocycles. The monoisotopic (exact) mass is 465 g/mol. The fraction of sp³-hybridized carbons (Fsp3) is 0.385. The number of carboxylic acid groups (broad SMARTS) is 1. The Morgan fingerprint density at radius 1 is 1.06 bits per heavy atom. The van der Waals surface area contributed by atoms with Crippen molar-refractivity contribution in [3.8, 4) is 28.4 Å². The van der Waals surface area contributed by atoms with Gasteiger partial charge in [-0.15, -0.1) is 0 Å². The zero-order valence-corrected chi connectivity index (χ0v) is 19.5. The Morgan fingerprint density at radius 2 is 1.82 bits per heavy atom. The van der Waals surface area contributed by atoms with Crippen LogP contribution in [0, 0.1) is 0 Å². The molecule has 1 fully saturated rings. The lowest BCUT2D eigenvalue weighted by molar-refractivity contribution is 0.0317. The average molecular weight is 466 g/mol. The van der Waals surface area contributed by atoms with Crippen LogP contribution in [0.1, 0.15) is 30.1 Å². The number of unbranched alkanes of at least 4 members (excludes halogenated alkanes) is 1. The van der Waals surface area contributed by atoms with Gasteiger partial charge >= 0.3 is 5.97 Å². The van der Waals surface area contributed by atoms with Crippen molar-refractivity contribution in [3.63, 3.8) is 0 Å². The molecule has 1 saturated heterocycles. The third-order valence-electron chi connectivity index (χ3n) is 5.77. The largest absolute Gasteiger partial charge is 0.493 e. The number of hydrogen-bond donors (Lipinski definition) is 1. The lowest BCUT2D eigenvalue weighted by Crippen LogP contribution is -2.38. The summed E-state index contributed by atoms with van der Waals surface area (Å²) in [6.45, 7) is 6.99. The minimum atomic E-state index is -1.07. The normalized spacial score (nSPS) is 14.1. The minimum absolute atomic E-state index is 0.0423. The third-order valence-corrected chi connectivity index (χ3v) is 5.77. The molecule has 0 amide bonds. The van der Waals surface area contributed by atoms with Gasteiger partial charge in [0.2, 0.25) is 5.88 Å². The van der Waals surface area contributed by atoms with Gasteiger partial charge in [-0.25, -0.2) is 9.48 Å². The van der Waals surface area contributed by atoms with Gasteiger partial charge in [0.05, 0.1) is 31.7 Å². The smallest absolute Gasteiger partial charge is 0.342 e. The summed E-state index contributed by atoms with van der Waals surface area (Å²) in [5, 5.41) is 13.9. The Labute approximate surface area is 199 Å². The molecule has 0 radical (unpaired) electrons. The second-order valence-corrected chi connectivity index (χ2v) is 8.13. The molecular formula is C26H31N3O5. The molecule has 0 unspecified atom stereocenters. The Balaban J connectivity index is 1.52. The second kappa shape index (κ2) is 11.7. The fourth-order valence-electron chi connectivity index (χ4n) is 3.84. The van der Waals surface area contributed by atoms with Crippen LogP contribution in [-0.4, -0.2) is 71.8 Å². The van der Waals surface area contributed by atoms with Crippen molar-refractivity contribution in [2.75, 3.05) is 46.1 Å². The summed E-state index contributed by atoms with van der Waals surface area (Å²) < 4.78 is 18.8. The van der Waals surface area contributed by atoms with E-state index in [0.29, 0.717) is 33.0 Å². The van der Waals surface area contributed by atoms with E-state index in [1.165, 1.54) is 10.9 Å². The highest BCUT2D eigenvalue weighted by Gasteiger charge is 2.20. The highest BCUT2D eigenvalue weighted by atomic mass is 16.5. The quantitative estimate of drug-likeness (QED) is 0.426. The molecule has 0 aliphatic carbocycles. The Kier molecular flexibility index (Phi) is 8.17. The van der Waals surface area contributed by atoms with E-state index in [1.54, 1.807) is 0 Å². The first-order valence-electron chi connectivity index (χ1n) is 11.7. The molecule has 4 rings (SSSR count). The van der Waals surface area contributed by atoms with Crippen LogP contribution in [0.3, 0.4) is 0 Å². The lowest BCUT2D eigenvalue weighted by Gasteiger charge is -2.26. The first kappa shape index (κ1) is 23.8. The summed E-state index contributed by atoms with van der Waals surface area (Å²) in [7, 11) is 0. The topological polar surface area (TPSA) is 86.1 Å². The third kappa shape index (κ3) is 5.76. The number of morpholine rings is 1. The minimum Gasteiger partial charge on any atom is -0.493 e. The first-order valence-corrected chi connectivity index (χ1v) is 11.7. The van der Waals surface area contributed by atoms with E-state index in [4.69, 9.17) is 14.2 Å². The van der Waals surface area contributed by atoms with E-state index in [-0.39, 0.29) is 11.4 Å². The first-order chi connectivity index (χ1) is 16.7. The van der Waals surface area contributed by atoms with Gasteiger partial charge in [-0.05, 0) is 30.2 Å². The van der Waals surface area contributed by atoms with Crippen LogP contribution in [0.4, 0.5) is 0 Å². The molecule has 180 valence electrons. The maximum atomic E-state index is 11.7. The molecule has 1 aliphatic rings. The Bertz CT molecular complexity index is 1070. The van der Waals surface area contributed by atoms with Crippen molar-refractivity contribution in [3.05, 3.63) is 60.3 Å². The standard InChI is InChI=1S/C26H31N3O5/c1-2-3-15-33-24-7-5-4-6-22(24)20-8-10-21(11-9-20)29-25(23(19-27-29)26(30)31)34-18-14-28-12-16-32-17-13-28/h4-11,19H,2-3,12-18H2,1H3,(H,30,31). The second-order valence-electron chi connectivity index (χ2n) is 8.13. The molecule has 1 N–H and O–H groups in total. The number of ether oxygens (including phenoxy) is 3. The van der Waals surface area contributed by atoms with Crippen molar-refractivity contribution < 1.29 is 24.1 Å². The summed E-state index contributed by atoms with van der Waals surface area (Å²) in [6.07, 6.45) is 3.42. The number of hydrogen-bond acceptors (Lipinski definition) is 6. The Hall–Kier alpha value is -3.36. The number of para-hydroxylation sites is 1. The number of benzene rings is 2. The van der Waals surface area contributed by atoms with Crippen LogP contribution in [0.25, 0.3) is 16.8 Å². The summed E-state index contributed by atoms with van der Waals surface area (Å²) in [5.74, 6) is 0.0160. The molecule has 3 aromatic rings. The van der Waals surface area contributed by atoms with Crippen molar-refractivity contribution >= 4 is 5.97 Å². The summed E-state index contributed by atoms with van der Waals surface area (Å²) >= 11 is 0. The van der Waals surface area contributed by atoms with Crippen molar-refractivity contribution in [1.29, 1.82) is 0 Å². The zero-order chi connectivity index (χ0) is 23.8. The number of carboxylic acids is 1. The molecule has 0 bridgehead atoms. The Morgan fingerprint density at radius 3 is 2.56 bits per heavy atom. The van der Waals surface area contributed by atoms with Gasteiger partial charge in [0.25, 0.3) is 0 Å². The SMILES string of the molecule is CCCCOc1ccccc1-c1ccc(-n2ncc(C(=O)O)c2OCCN2CCOCC2)cc1. The summed E-state index contributed by atoms with van der Waals surface area (Å²) in [5.41, 5.74) is 2.79. The summed E-state index contributed by atoms with van der Waals surface area (Å²) in [6, 6.07) is 15.8. The van der Waals surface area contributed by atoms with Gasteiger partial charge in [0.1, 0.15) is 17.9 Å². The lowest BCUT2D eigenvalue weighted by atomic mass is 10.0. The van der Waals surface area contributed by atoms with Gasteiger partial charge in [-0.1, -0.05) is 43.7 Å². The van der Waals surface area contributed by atoms with Gasteiger partial charge in [0.15, 0.2) is 0 Å². The van der Waals surface area contributed by atoms with E-state index in [2.05, 4.69) is 16.9 Å². The predicted octanol–water partition coefficient (Wildman–Crippen LogP) is 4.13. The number of rotatable bonds is 11. The highest BCUT2D eigenvalue weighted by molar-refractivity contribution is 5.90. The molecule has 8 heteroatoms. The molecule has 0 atom stereocenters. The predicted molar refractivity (Wildman–Crippen MR) is 129 cm³/mol. The van der Waals surface area contributed by atoms with Crippen LogP contribution < -0.4 is 9.47 Å². The van der Waals surface area contributed by atoms with Crippen LogP contribution in [0.15, 0.2) is 54.7 Å². The van der Waals surface area contributed by atoms with Gasteiger partial charge in [-0.2, -0.15) is 5.10 Å². The highest BCUT2D eigenvalue weighted by Crippen LogP contribution is 2.31. The van der Waals surface area contributed by atoms with Gasteiger partial charge in [0, 0.05) is 25.2 Å². The van der Waals surface area contributed by atoms with E-state index >= 15 is 0 Å². The molecular weight excluding hydrogens is 434 g/mol. The van der Waals surface area contributed by atoms with Gasteiger partial charge in [-0.3, -0.25) is 4.90 Å². The molecule has 34 heavy (non-hydrogen) atoms. The number of carbonyl (C=O) groups is 1. The zero-order valence-electron chi connectivity index (χ0n) is 19.5. The number of aromatic nitrogens is 2. The maximum Gasteiger partial charge on any atom is 0.342 e. The van der Waals surface area contributed by atoms with Crippen LogP contribution >= 0.6 is 0 Å². The van der Waals surface area contributed by atoms with Crippen LogP contribution in [-0.2, 0) is 4.74 Å². The van der Waals surface area contributed by atoms with Crippen molar-refractivity contribution in [2.45, 2.75) is 19.8 Å². The van der Waals surface area contributed by atoms with Gasteiger partial charge < -0.3 is 19.3 Å². The van der Waals surface area contributed by atoms with E-state index in [0.717, 1.165) is 48.5 Å². The molecule has 1 aromatic heterocycles. The van der Waals surface area contributed by atoms with Crippen LogP contribution in [0.5, 0.6) is 11.6 Å². The van der Waals surface area contributed by atoms with E-state index in [1.807, 2.05) is 48.5 Å². The molecule has 1 aliphatic heterocycles. The molecule has 2 aromatic carbocycles. The van der Waals surface area contributed by atoms with Crippen LogP contribution in [0.2, 0.25) is 0 Å². The van der Waals surface area contributed by atoms with E-state index in [9.17, 15) is 9.90 Å². The fourth-order valence-corrected chi connectivity index (χ4v) is 3.84. The molecule has 0 spiro atoms. The molecule has 0 saturated carbocycles. The average Bonchev–Trinajstić information content (AvgIpc) is 3.29. The van der Waals surface area contributed by atoms with E-state index < -0.39 is 5.97 Å². The van der Waals surface area contributed by atoms with Crippen molar-refractivity contribution in [1.82, 2.24) is 14.7 Å². The maximum absolute atomic E-state index is 11.7. The van der Waals surface area contributed by atoms with Crippen molar-refractivity contribution in [2.24, 2.45) is 0 Å². The number of nitrogens with zero attached hydrogens (tertiary/aromatic N) is 3.